The van der Waals surface area contributed by atoms with Crippen molar-refractivity contribution in [3.63, 3.8) is 0 Å². The number of aryl methyl sites for hydroxylation is 1. The highest BCUT2D eigenvalue weighted by atomic mass is 19.3. The van der Waals surface area contributed by atoms with Crippen molar-refractivity contribution in [2.45, 2.75) is 52.2 Å². The predicted octanol–water partition coefficient (Wildman–Crippen LogP) is 4.68. The minimum Gasteiger partial charge on any atom is -0.485 e. The molecule has 3 N–H and O–H groups in total. The fourth-order valence-electron chi connectivity index (χ4n) is 3.59. The Labute approximate surface area is 188 Å². The molecule has 1 unspecified atom stereocenters. The van der Waals surface area contributed by atoms with Gasteiger partial charge in [-0.1, -0.05) is 19.4 Å². The Balaban J connectivity index is 1.98. The number of amides is 1. The number of ether oxygens (including phenoxy) is 1. The molecular formula is C23H26F4N4O2. The average molecular weight is 466 g/mol. The molecule has 0 bridgehead atoms. The van der Waals surface area contributed by atoms with E-state index in [1.807, 2.05) is 6.92 Å². The van der Waals surface area contributed by atoms with Crippen molar-refractivity contribution in [1.82, 2.24) is 14.7 Å². The molecule has 33 heavy (non-hydrogen) atoms. The fraction of sp³-hybridized carbons (Fsp3) is 0.391. The first-order valence-corrected chi connectivity index (χ1v) is 10.5. The molecule has 0 saturated carbocycles. The van der Waals surface area contributed by atoms with Crippen LogP contribution in [0.5, 0.6) is 5.75 Å². The van der Waals surface area contributed by atoms with Gasteiger partial charge in [-0.05, 0) is 38.5 Å². The summed E-state index contributed by atoms with van der Waals surface area (Å²) in [6.07, 6.45) is -0.269. The van der Waals surface area contributed by atoms with Crippen LogP contribution < -0.4 is 15.8 Å². The third-order valence-electron chi connectivity index (χ3n) is 5.26. The number of carbonyl (C=O) groups excluding carboxylic acids is 1. The molecule has 1 atom stereocenters. The Hall–Kier alpha value is -3.14. The molecule has 0 aliphatic carbocycles. The largest absolute Gasteiger partial charge is 0.485 e. The van der Waals surface area contributed by atoms with Crippen LogP contribution in [0.25, 0.3) is 5.65 Å². The number of imidazole rings is 1. The molecule has 0 fully saturated rings. The summed E-state index contributed by atoms with van der Waals surface area (Å²) >= 11 is 0. The summed E-state index contributed by atoms with van der Waals surface area (Å²) in [5.41, 5.74) is 5.14. The lowest BCUT2D eigenvalue weighted by atomic mass is 9.98. The number of rotatable bonds is 9. The van der Waals surface area contributed by atoms with Gasteiger partial charge in [-0.15, -0.1) is 0 Å². The van der Waals surface area contributed by atoms with Crippen LogP contribution in [0.15, 0.2) is 30.5 Å². The molecule has 1 amide bonds. The lowest BCUT2D eigenvalue weighted by molar-refractivity contribution is 0.0936. The van der Waals surface area contributed by atoms with Gasteiger partial charge >= 0.3 is 0 Å². The summed E-state index contributed by atoms with van der Waals surface area (Å²) in [5, 5.41) is 2.73. The number of halogens is 4. The lowest BCUT2D eigenvalue weighted by Crippen LogP contribution is -2.47. The Morgan fingerprint density at radius 3 is 2.58 bits per heavy atom. The molecule has 0 aliphatic heterocycles. The highest BCUT2D eigenvalue weighted by molar-refractivity contribution is 5.95. The average Bonchev–Trinajstić information content (AvgIpc) is 3.07. The van der Waals surface area contributed by atoms with Crippen molar-refractivity contribution in [1.29, 1.82) is 0 Å². The van der Waals surface area contributed by atoms with Crippen molar-refractivity contribution >= 4 is 11.6 Å². The number of nitrogens with zero attached hydrogens (tertiary/aromatic N) is 2. The Bertz CT molecular complexity index is 1140. The molecule has 3 aromatic rings. The van der Waals surface area contributed by atoms with Gasteiger partial charge in [0.15, 0.2) is 11.4 Å². The zero-order chi connectivity index (χ0) is 24.3. The third kappa shape index (κ3) is 5.44. The minimum atomic E-state index is -2.88. The van der Waals surface area contributed by atoms with Crippen molar-refractivity contribution in [3.05, 3.63) is 64.6 Å². The number of fused-ring (bicyclic) bond motifs is 1. The molecular weight excluding hydrogens is 440 g/mol. The van der Waals surface area contributed by atoms with E-state index in [4.69, 9.17) is 10.5 Å². The topological polar surface area (TPSA) is 81.6 Å². The van der Waals surface area contributed by atoms with Gasteiger partial charge in [-0.3, -0.25) is 9.20 Å². The van der Waals surface area contributed by atoms with E-state index in [2.05, 4.69) is 10.3 Å². The lowest BCUT2D eigenvalue weighted by Gasteiger charge is -2.24. The number of hydrogen-bond acceptors (Lipinski definition) is 4. The summed E-state index contributed by atoms with van der Waals surface area (Å²) < 4.78 is 61.8. The molecule has 2 aromatic heterocycles. The van der Waals surface area contributed by atoms with E-state index in [0.717, 1.165) is 30.8 Å². The SMILES string of the molecule is CCCC(C)(N)CNC(=O)c1c(C)nc2c(OCc3c(F)cccc3F)cc(C(F)F)cn12. The van der Waals surface area contributed by atoms with Crippen molar-refractivity contribution in [3.8, 4) is 5.75 Å². The molecule has 1 aromatic carbocycles. The van der Waals surface area contributed by atoms with E-state index in [0.29, 0.717) is 6.42 Å². The van der Waals surface area contributed by atoms with Gasteiger partial charge in [0.25, 0.3) is 12.3 Å². The molecule has 10 heteroatoms. The molecule has 6 nitrogen and oxygen atoms in total. The molecule has 0 radical (unpaired) electrons. The Morgan fingerprint density at radius 1 is 1.30 bits per heavy atom. The van der Waals surface area contributed by atoms with E-state index in [-0.39, 0.29) is 34.9 Å². The fourth-order valence-corrected chi connectivity index (χ4v) is 3.59. The summed E-state index contributed by atoms with van der Waals surface area (Å²) in [7, 11) is 0. The number of alkyl halides is 2. The van der Waals surface area contributed by atoms with E-state index in [9.17, 15) is 22.4 Å². The van der Waals surface area contributed by atoms with Crippen molar-refractivity contribution < 1.29 is 27.1 Å². The van der Waals surface area contributed by atoms with Crippen molar-refractivity contribution in [2.75, 3.05) is 6.54 Å². The zero-order valence-electron chi connectivity index (χ0n) is 18.6. The molecule has 0 spiro atoms. The van der Waals surface area contributed by atoms with Gasteiger partial charge in [0.1, 0.15) is 23.9 Å². The number of carbonyl (C=O) groups is 1. The number of nitrogens with one attached hydrogen (secondary N) is 1. The van der Waals surface area contributed by atoms with Crippen LogP contribution in [0.1, 0.15) is 60.4 Å². The van der Waals surface area contributed by atoms with Crippen LogP contribution in [-0.4, -0.2) is 27.4 Å². The van der Waals surface area contributed by atoms with Crippen LogP contribution in [0.3, 0.4) is 0 Å². The molecule has 0 aliphatic rings. The molecule has 178 valence electrons. The number of aromatic nitrogens is 2. The van der Waals surface area contributed by atoms with Crippen LogP contribution in [0, 0.1) is 18.6 Å². The summed E-state index contributed by atoms with van der Waals surface area (Å²) in [6.45, 7) is 4.97. The second kappa shape index (κ2) is 9.78. The van der Waals surface area contributed by atoms with E-state index in [1.165, 1.54) is 10.5 Å². The summed E-state index contributed by atoms with van der Waals surface area (Å²) in [4.78, 5) is 17.2. The van der Waals surface area contributed by atoms with Crippen LogP contribution >= 0.6 is 0 Å². The molecule has 2 heterocycles. The Morgan fingerprint density at radius 2 is 1.97 bits per heavy atom. The highest BCUT2D eigenvalue weighted by Crippen LogP contribution is 2.30. The van der Waals surface area contributed by atoms with Gasteiger partial charge < -0.3 is 15.8 Å². The maximum absolute atomic E-state index is 14.0. The van der Waals surface area contributed by atoms with E-state index in [1.54, 1.807) is 13.8 Å². The number of benzene rings is 1. The van der Waals surface area contributed by atoms with Crippen LogP contribution in [-0.2, 0) is 6.61 Å². The molecule has 0 saturated heterocycles. The first-order valence-electron chi connectivity index (χ1n) is 10.5. The Kier molecular flexibility index (Phi) is 7.26. The predicted molar refractivity (Wildman–Crippen MR) is 115 cm³/mol. The minimum absolute atomic E-state index is 0.0433. The summed E-state index contributed by atoms with van der Waals surface area (Å²) in [6, 6.07) is 4.39. The normalized spacial score (nSPS) is 13.4. The highest BCUT2D eigenvalue weighted by Gasteiger charge is 2.24. The second-order valence-electron chi connectivity index (χ2n) is 8.25. The van der Waals surface area contributed by atoms with Gasteiger partial charge in [0.2, 0.25) is 0 Å². The van der Waals surface area contributed by atoms with Gasteiger partial charge in [0, 0.05) is 23.8 Å². The first kappa shape index (κ1) is 24.5. The van der Waals surface area contributed by atoms with Gasteiger partial charge in [-0.25, -0.2) is 22.5 Å². The quantitative estimate of drug-likeness (QED) is 0.449. The summed E-state index contributed by atoms with van der Waals surface area (Å²) in [5.74, 6) is -2.32. The van der Waals surface area contributed by atoms with Gasteiger partial charge in [0.05, 0.1) is 11.3 Å². The first-order chi connectivity index (χ1) is 15.5. The maximum Gasteiger partial charge on any atom is 0.270 e. The smallest absolute Gasteiger partial charge is 0.270 e. The van der Waals surface area contributed by atoms with Crippen molar-refractivity contribution in [2.24, 2.45) is 5.73 Å². The number of nitrogens with two attached hydrogens (primary N) is 1. The van der Waals surface area contributed by atoms with E-state index < -0.39 is 41.7 Å². The maximum atomic E-state index is 14.0. The standard InChI is InChI=1S/C23H26F4N4O2/c1-4-8-23(3,28)12-29-22(32)19-13(2)30-21-18(9-14(20(26)27)10-31(19)21)33-11-15-16(24)6-5-7-17(15)25/h5-7,9-10,20H,4,8,11-12,28H2,1-3H3,(H,29,32). The monoisotopic (exact) mass is 466 g/mol. The number of hydrogen-bond donors (Lipinski definition) is 2. The van der Waals surface area contributed by atoms with E-state index >= 15 is 0 Å². The zero-order valence-corrected chi connectivity index (χ0v) is 18.6. The van der Waals surface area contributed by atoms with Crippen LogP contribution in [0.4, 0.5) is 17.6 Å². The number of pyridine rings is 1. The van der Waals surface area contributed by atoms with Gasteiger partial charge in [-0.2, -0.15) is 0 Å². The molecule has 3 rings (SSSR count). The third-order valence-corrected chi connectivity index (χ3v) is 5.26. The van der Waals surface area contributed by atoms with Crippen LogP contribution in [0.2, 0.25) is 0 Å². The second-order valence-corrected chi connectivity index (χ2v) is 8.25.